The number of hydrogen-bond acceptors (Lipinski definition) is 1. The Labute approximate surface area is 339 Å². The van der Waals surface area contributed by atoms with Crippen molar-refractivity contribution in [3.05, 3.63) is 108 Å². The van der Waals surface area contributed by atoms with Crippen LogP contribution < -0.4 is 0 Å². The third kappa shape index (κ3) is 21.0. The fraction of sp³-hybridized carbons (Fsp3) is 0.636. The van der Waals surface area contributed by atoms with Gasteiger partial charge < -0.3 is 64.2 Å². The van der Waals surface area contributed by atoms with E-state index >= 15 is 0 Å². The summed E-state index contributed by atoms with van der Waals surface area (Å²) in [5.74, 6) is 6.76. The molecule has 0 aromatic heterocycles. The largest absolute Gasteiger partial charge is 4.00 e. The van der Waals surface area contributed by atoms with Crippen LogP contribution in [0.1, 0.15) is 117 Å². The average molecular weight is 897 g/mol. The van der Waals surface area contributed by atoms with E-state index < -0.39 is 0 Å². The average Bonchev–Trinajstić information content (AvgIpc) is 3.74. The van der Waals surface area contributed by atoms with Gasteiger partial charge in [0.1, 0.15) is 0 Å². The second kappa shape index (κ2) is 36.5. The van der Waals surface area contributed by atoms with E-state index in [0.29, 0.717) is 0 Å². The summed E-state index contributed by atoms with van der Waals surface area (Å²) in [5, 5.41) is 0. The van der Waals surface area contributed by atoms with Gasteiger partial charge in [-0.15, -0.1) is 0 Å². The minimum atomic E-state index is 0. The zero-order chi connectivity index (χ0) is 25.7. The summed E-state index contributed by atoms with van der Waals surface area (Å²) in [4.78, 5) is 0. The second-order valence-electron chi connectivity index (χ2n) is 13.1. The van der Waals surface area contributed by atoms with E-state index in [9.17, 15) is 0 Å². The minimum absolute atomic E-state index is 0. The van der Waals surface area contributed by atoms with Gasteiger partial charge in [0, 0.05) is 13.2 Å². The van der Waals surface area contributed by atoms with Gasteiger partial charge in [-0.25, -0.2) is 0 Å². The van der Waals surface area contributed by atoms with Crippen molar-refractivity contribution < 1.29 is 56.8 Å². The molecule has 6 aliphatic carbocycles. The molecule has 4 saturated carbocycles. The summed E-state index contributed by atoms with van der Waals surface area (Å²) in [6.45, 7) is 6.51. The maximum Gasteiger partial charge on any atom is 4.00 e. The van der Waals surface area contributed by atoms with Gasteiger partial charge in [-0.3, -0.25) is 0 Å². The van der Waals surface area contributed by atoms with Crippen LogP contribution in [-0.4, -0.2) is 13.2 Å². The Kier molecular flexibility index (Phi) is 48.7. The topological polar surface area (TPSA) is 9.23 Å². The van der Waals surface area contributed by atoms with E-state index in [4.69, 9.17) is 4.74 Å². The zero-order valence-electron chi connectivity index (χ0n) is 33.4. The van der Waals surface area contributed by atoms with Gasteiger partial charge in [-0.05, 0) is 73.0 Å². The van der Waals surface area contributed by atoms with Crippen molar-refractivity contribution in [3.8, 4) is 0 Å². The Morgan fingerprint density at radius 3 is 1.11 bits per heavy atom. The summed E-state index contributed by atoms with van der Waals surface area (Å²) in [7, 11) is 0. The predicted molar refractivity (Wildman–Crippen MR) is 212 cm³/mol. The molecule has 0 spiro atoms. The molecule has 0 aliphatic heterocycles. The van der Waals surface area contributed by atoms with Crippen LogP contribution in [0.2, 0.25) is 0 Å². The van der Waals surface area contributed by atoms with Crippen LogP contribution in [0.15, 0.2) is 48.6 Å². The molecular weight excluding hydrogens is 814 g/mol. The summed E-state index contributed by atoms with van der Waals surface area (Å²) in [6.07, 6.45) is 41.7. The van der Waals surface area contributed by atoms with Crippen LogP contribution >= 0.6 is 0 Å². The first-order valence-electron chi connectivity index (χ1n) is 16.6. The first-order chi connectivity index (χ1) is 18.3. The van der Waals surface area contributed by atoms with E-state index in [1.54, 1.807) is 0 Å². The Morgan fingerprint density at radius 1 is 0.468 bits per heavy atom. The van der Waals surface area contributed by atoms with Crippen LogP contribution in [0, 0.1) is 107 Å². The van der Waals surface area contributed by atoms with Crippen molar-refractivity contribution in [2.75, 3.05) is 13.2 Å². The Morgan fingerprint density at radius 2 is 0.787 bits per heavy atom. The molecule has 0 N–H and O–H groups in total. The summed E-state index contributed by atoms with van der Waals surface area (Å²) >= 11 is 0. The molecule has 47 heavy (non-hydrogen) atoms. The maximum atomic E-state index is 6.18. The molecule has 272 valence electrons. The number of allylic oxidation sites excluding steroid dienone is 8. The summed E-state index contributed by atoms with van der Waals surface area (Å²) in [6, 6.07) is 0. The van der Waals surface area contributed by atoms with Crippen molar-refractivity contribution >= 4 is 0 Å². The standard InChI is InChI=1S/C20H26O.2C8H16.8CH3.Hf.Zr/c1-3-7-19-15(5-1)9-11-17(19)13-21-14-18-12-10-16-6-2-4-8-20(16)18;2*1-2-5-8-6-3-4-7-8;;;;;;;;;;/h1-8,15-20H,9-14H2;2*8H,2-7H2,1H3;8*1H3;;/q;;;8*-1;2*+4. The molecule has 6 aliphatic rings. The predicted octanol–water partition coefficient (Wildman–Crippen LogP) is 14.1. The van der Waals surface area contributed by atoms with Gasteiger partial charge in [-0.1, -0.05) is 140 Å². The van der Waals surface area contributed by atoms with Crippen molar-refractivity contribution in [2.24, 2.45) is 47.3 Å². The Hall–Kier alpha value is 0.673. The van der Waals surface area contributed by atoms with Crippen molar-refractivity contribution in [2.45, 2.75) is 117 Å². The first-order valence-corrected chi connectivity index (χ1v) is 16.6. The van der Waals surface area contributed by atoms with E-state index in [1.807, 2.05) is 0 Å². The van der Waals surface area contributed by atoms with Gasteiger partial charge in [0.2, 0.25) is 0 Å². The first kappa shape index (κ1) is 62.8. The fourth-order valence-corrected chi connectivity index (χ4v) is 8.30. The summed E-state index contributed by atoms with van der Waals surface area (Å²) in [5.41, 5.74) is 0. The zero-order valence-corrected chi connectivity index (χ0v) is 39.4. The number of rotatable bonds is 8. The molecule has 0 aromatic carbocycles. The summed E-state index contributed by atoms with van der Waals surface area (Å²) < 4.78 is 6.18. The fourth-order valence-electron chi connectivity index (χ4n) is 8.30. The molecule has 6 unspecified atom stereocenters. The monoisotopic (exact) mass is 896 g/mol. The van der Waals surface area contributed by atoms with Gasteiger partial charge in [-0.2, -0.15) is 0 Å². The molecule has 6 atom stereocenters. The van der Waals surface area contributed by atoms with Crippen LogP contribution in [0.3, 0.4) is 0 Å². The van der Waals surface area contributed by atoms with Crippen molar-refractivity contribution in [3.63, 3.8) is 0 Å². The molecule has 0 saturated heterocycles. The molecule has 3 heteroatoms. The quantitative estimate of drug-likeness (QED) is 0.174. The van der Waals surface area contributed by atoms with Crippen LogP contribution in [0.5, 0.6) is 0 Å². The van der Waals surface area contributed by atoms with Crippen molar-refractivity contribution in [1.82, 2.24) is 0 Å². The van der Waals surface area contributed by atoms with E-state index in [-0.39, 0.29) is 111 Å². The number of hydrogen-bond donors (Lipinski definition) is 0. The third-order valence-electron chi connectivity index (χ3n) is 10.4. The Balaban J connectivity index is -0.000000107. The third-order valence-corrected chi connectivity index (χ3v) is 10.4. The van der Waals surface area contributed by atoms with E-state index in [2.05, 4.69) is 62.5 Å². The Bertz CT molecular complexity index is 684. The molecule has 0 heterocycles. The van der Waals surface area contributed by atoms with Gasteiger partial charge in [0.05, 0.1) is 0 Å². The molecule has 0 bridgehead atoms. The van der Waals surface area contributed by atoms with Crippen molar-refractivity contribution in [1.29, 1.82) is 0 Å². The van der Waals surface area contributed by atoms with E-state index in [1.165, 1.54) is 103 Å². The van der Waals surface area contributed by atoms with Gasteiger partial charge >= 0.3 is 52.0 Å². The molecule has 4 fully saturated rings. The molecule has 0 aromatic rings. The normalized spacial score (nSPS) is 26.9. The number of fused-ring (bicyclic) bond motifs is 2. The van der Waals surface area contributed by atoms with E-state index in [0.717, 1.165) is 60.6 Å². The van der Waals surface area contributed by atoms with Gasteiger partial charge in [0.15, 0.2) is 0 Å². The second-order valence-corrected chi connectivity index (χ2v) is 13.1. The van der Waals surface area contributed by atoms with Crippen LogP contribution in [-0.2, 0) is 56.8 Å². The molecule has 0 amide bonds. The maximum absolute atomic E-state index is 6.18. The molecule has 0 radical (unpaired) electrons. The SMILES string of the molecule is C1=CC2CCC(COCC3CCC4C=CC=CC43)C2C=C1.CCCC1CCCC1.CCCC1CCCC1.[CH3-].[CH3-].[CH3-].[CH3-].[CH3-].[CH3-].[CH3-].[CH3-].[Hf+4].[Zr+4]. The van der Waals surface area contributed by atoms with Gasteiger partial charge in [0.25, 0.3) is 0 Å². The minimum Gasteiger partial charge on any atom is -0.381 e. The smallest absolute Gasteiger partial charge is 0.381 e. The number of ether oxygens (including phenoxy) is 1. The van der Waals surface area contributed by atoms with Crippen LogP contribution in [0.25, 0.3) is 0 Å². The molecular formula is C44H82HfOZr. The molecule has 6 rings (SSSR count). The van der Waals surface area contributed by atoms with Crippen LogP contribution in [0.4, 0.5) is 0 Å². The molecule has 1 nitrogen and oxygen atoms in total.